The van der Waals surface area contributed by atoms with Crippen molar-refractivity contribution in [3.8, 4) is 0 Å². The van der Waals surface area contributed by atoms with E-state index < -0.39 is 23.7 Å². The van der Waals surface area contributed by atoms with Gasteiger partial charge in [0.1, 0.15) is 0 Å². The van der Waals surface area contributed by atoms with Crippen LogP contribution in [-0.4, -0.2) is 37.6 Å². The van der Waals surface area contributed by atoms with E-state index in [1.54, 1.807) is 12.2 Å². The Balaban J connectivity index is 2.07. The summed E-state index contributed by atoms with van der Waals surface area (Å²) in [5, 5.41) is 24.1. The van der Waals surface area contributed by atoms with Crippen LogP contribution >= 0.6 is 0 Å². The zero-order valence-corrected chi connectivity index (χ0v) is 8.83. The van der Waals surface area contributed by atoms with Crippen LogP contribution in [0.2, 0.25) is 0 Å². The van der Waals surface area contributed by atoms with Crippen molar-refractivity contribution in [2.75, 3.05) is 5.32 Å². The third-order valence-corrected chi connectivity index (χ3v) is 2.67. The molecule has 0 unspecified atom stereocenters. The van der Waals surface area contributed by atoms with Crippen molar-refractivity contribution < 1.29 is 14.7 Å². The fourth-order valence-corrected chi connectivity index (χ4v) is 1.79. The summed E-state index contributed by atoms with van der Waals surface area (Å²) in [7, 11) is 0. The molecule has 90 valence electrons. The SMILES string of the molecule is O=C(O)[C@H]1CC=CC[C@@H]1C(=O)Nc1nn[nH]n1. The molecular formula is C9H11N5O3. The Morgan fingerprint density at radius 3 is 2.65 bits per heavy atom. The maximum Gasteiger partial charge on any atom is 0.307 e. The zero-order chi connectivity index (χ0) is 12.3. The van der Waals surface area contributed by atoms with Gasteiger partial charge in [-0.1, -0.05) is 17.3 Å². The van der Waals surface area contributed by atoms with Gasteiger partial charge in [-0.05, 0) is 18.1 Å². The van der Waals surface area contributed by atoms with Gasteiger partial charge in [-0.2, -0.15) is 5.21 Å². The van der Waals surface area contributed by atoms with Crippen molar-refractivity contribution in [1.82, 2.24) is 20.6 Å². The van der Waals surface area contributed by atoms with Crippen LogP contribution in [0.4, 0.5) is 5.95 Å². The molecule has 2 atom stereocenters. The molecule has 0 aliphatic heterocycles. The summed E-state index contributed by atoms with van der Waals surface area (Å²) < 4.78 is 0. The Kier molecular flexibility index (Phi) is 3.12. The number of aliphatic carboxylic acids is 1. The number of nitrogens with one attached hydrogen (secondary N) is 2. The molecular weight excluding hydrogens is 226 g/mol. The Morgan fingerprint density at radius 1 is 1.35 bits per heavy atom. The zero-order valence-electron chi connectivity index (χ0n) is 8.83. The number of carboxylic acids is 1. The second-order valence-electron chi connectivity index (χ2n) is 3.72. The van der Waals surface area contributed by atoms with Crippen LogP contribution in [0.15, 0.2) is 12.2 Å². The molecule has 0 saturated carbocycles. The molecule has 8 nitrogen and oxygen atoms in total. The van der Waals surface area contributed by atoms with E-state index in [1.165, 1.54) is 0 Å². The van der Waals surface area contributed by atoms with E-state index in [0.29, 0.717) is 12.8 Å². The molecule has 1 heterocycles. The molecule has 1 aromatic rings. The van der Waals surface area contributed by atoms with Crippen LogP contribution in [-0.2, 0) is 9.59 Å². The Hall–Kier alpha value is -2.25. The normalized spacial score (nSPS) is 23.3. The molecule has 3 N–H and O–H groups in total. The maximum absolute atomic E-state index is 11.9. The first-order chi connectivity index (χ1) is 8.18. The van der Waals surface area contributed by atoms with Gasteiger partial charge in [-0.15, -0.1) is 5.10 Å². The van der Waals surface area contributed by atoms with Gasteiger partial charge < -0.3 is 5.11 Å². The maximum atomic E-state index is 11.9. The number of nitrogens with zero attached hydrogens (tertiary/aromatic N) is 3. The van der Waals surface area contributed by atoms with E-state index in [0.717, 1.165) is 0 Å². The van der Waals surface area contributed by atoms with Crippen LogP contribution in [0.25, 0.3) is 0 Å². The molecule has 0 fully saturated rings. The monoisotopic (exact) mass is 237 g/mol. The first kappa shape index (κ1) is 11.2. The van der Waals surface area contributed by atoms with Gasteiger partial charge in [0.05, 0.1) is 11.8 Å². The number of carbonyl (C=O) groups is 2. The van der Waals surface area contributed by atoms with E-state index in [1.807, 2.05) is 0 Å². The summed E-state index contributed by atoms with van der Waals surface area (Å²) in [6.07, 6.45) is 4.34. The quantitative estimate of drug-likeness (QED) is 0.626. The molecule has 0 aromatic carbocycles. The van der Waals surface area contributed by atoms with Gasteiger partial charge in [0.2, 0.25) is 5.91 Å². The fourth-order valence-electron chi connectivity index (χ4n) is 1.79. The Labute approximate surface area is 96.1 Å². The average molecular weight is 237 g/mol. The molecule has 8 heteroatoms. The number of H-pyrrole nitrogens is 1. The third kappa shape index (κ3) is 2.47. The molecule has 1 aliphatic carbocycles. The molecule has 1 aromatic heterocycles. The topological polar surface area (TPSA) is 121 Å². The first-order valence-corrected chi connectivity index (χ1v) is 5.10. The molecule has 0 spiro atoms. The third-order valence-electron chi connectivity index (χ3n) is 2.67. The highest BCUT2D eigenvalue weighted by molar-refractivity contribution is 5.94. The summed E-state index contributed by atoms with van der Waals surface area (Å²) >= 11 is 0. The van der Waals surface area contributed by atoms with E-state index >= 15 is 0 Å². The number of carboxylic acid groups (broad SMARTS) is 1. The lowest BCUT2D eigenvalue weighted by molar-refractivity contribution is -0.146. The van der Waals surface area contributed by atoms with Crippen LogP contribution in [0.5, 0.6) is 0 Å². The number of anilines is 1. The van der Waals surface area contributed by atoms with Gasteiger partial charge in [-0.3, -0.25) is 14.9 Å². The second-order valence-corrected chi connectivity index (χ2v) is 3.72. The Morgan fingerprint density at radius 2 is 2.06 bits per heavy atom. The smallest absolute Gasteiger partial charge is 0.307 e. The van der Waals surface area contributed by atoms with Crippen LogP contribution in [0.1, 0.15) is 12.8 Å². The minimum atomic E-state index is -0.970. The standard InChI is InChI=1S/C9H11N5O3/c15-7(10-9-11-13-14-12-9)5-3-1-2-4-6(5)8(16)17/h1-2,5-6H,3-4H2,(H,16,17)(H2,10,11,12,13,14,15)/t5-,6-/m0/s1. The summed E-state index contributed by atoms with van der Waals surface area (Å²) in [6.45, 7) is 0. The lowest BCUT2D eigenvalue weighted by Crippen LogP contribution is -2.35. The Bertz CT molecular complexity index is 441. The number of rotatable bonds is 3. The highest BCUT2D eigenvalue weighted by Crippen LogP contribution is 2.26. The minimum absolute atomic E-state index is 0.0497. The van der Waals surface area contributed by atoms with Crippen LogP contribution < -0.4 is 5.32 Å². The van der Waals surface area contributed by atoms with E-state index in [9.17, 15) is 9.59 Å². The van der Waals surface area contributed by atoms with Crippen molar-refractivity contribution in [1.29, 1.82) is 0 Å². The number of allylic oxidation sites excluding steroid dienone is 2. The highest BCUT2D eigenvalue weighted by Gasteiger charge is 2.34. The molecule has 0 bridgehead atoms. The van der Waals surface area contributed by atoms with Gasteiger partial charge in [0, 0.05) is 0 Å². The summed E-state index contributed by atoms with van der Waals surface area (Å²) in [6, 6.07) is 0. The van der Waals surface area contributed by atoms with E-state index in [-0.39, 0.29) is 5.95 Å². The van der Waals surface area contributed by atoms with Crippen molar-refractivity contribution in [2.24, 2.45) is 11.8 Å². The number of hydrogen-bond acceptors (Lipinski definition) is 5. The summed E-state index contributed by atoms with van der Waals surface area (Å²) in [4.78, 5) is 22.9. The number of tetrazole rings is 1. The number of hydrogen-bond donors (Lipinski definition) is 3. The molecule has 17 heavy (non-hydrogen) atoms. The van der Waals surface area contributed by atoms with E-state index in [2.05, 4.69) is 25.9 Å². The van der Waals surface area contributed by atoms with Gasteiger partial charge in [-0.25, -0.2) is 0 Å². The van der Waals surface area contributed by atoms with E-state index in [4.69, 9.17) is 5.11 Å². The number of aromatic nitrogens is 4. The molecule has 1 aliphatic rings. The van der Waals surface area contributed by atoms with Crippen molar-refractivity contribution in [3.63, 3.8) is 0 Å². The van der Waals surface area contributed by atoms with Crippen molar-refractivity contribution >= 4 is 17.8 Å². The summed E-state index contributed by atoms with van der Waals surface area (Å²) in [5.41, 5.74) is 0. The first-order valence-electron chi connectivity index (χ1n) is 5.10. The average Bonchev–Trinajstić information content (AvgIpc) is 2.81. The number of amides is 1. The number of carbonyl (C=O) groups excluding carboxylic acids is 1. The van der Waals surface area contributed by atoms with Crippen LogP contribution in [0.3, 0.4) is 0 Å². The molecule has 0 radical (unpaired) electrons. The van der Waals surface area contributed by atoms with Gasteiger partial charge >= 0.3 is 5.97 Å². The fraction of sp³-hybridized carbons (Fsp3) is 0.444. The lowest BCUT2D eigenvalue weighted by Gasteiger charge is -2.23. The predicted molar refractivity (Wildman–Crippen MR) is 55.8 cm³/mol. The van der Waals surface area contributed by atoms with Crippen molar-refractivity contribution in [2.45, 2.75) is 12.8 Å². The number of aromatic amines is 1. The largest absolute Gasteiger partial charge is 0.481 e. The second kappa shape index (κ2) is 4.73. The minimum Gasteiger partial charge on any atom is -0.481 e. The van der Waals surface area contributed by atoms with Gasteiger partial charge in [0.15, 0.2) is 0 Å². The molecule has 0 saturated heterocycles. The molecule has 2 rings (SSSR count). The van der Waals surface area contributed by atoms with Crippen molar-refractivity contribution in [3.05, 3.63) is 12.2 Å². The highest BCUT2D eigenvalue weighted by atomic mass is 16.4. The summed E-state index contributed by atoms with van der Waals surface area (Å²) in [5.74, 6) is -2.62. The van der Waals surface area contributed by atoms with Gasteiger partial charge in [0.25, 0.3) is 5.95 Å². The molecule has 1 amide bonds. The lowest BCUT2D eigenvalue weighted by atomic mass is 9.82. The van der Waals surface area contributed by atoms with Crippen LogP contribution in [0, 0.1) is 11.8 Å². The predicted octanol–water partition coefficient (Wildman–Crippen LogP) is -0.195.